The summed E-state index contributed by atoms with van der Waals surface area (Å²) in [5.41, 5.74) is 19.6. The number of benzene rings is 10. The van der Waals surface area contributed by atoms with E-state index in [1.807, 2.05) is 0 Å². The van der Waals surface area contributed by atoms with Gasteiger partial charge in [-0.3, -0.25) is 4.98 Å². The Morgan fingerprint density at radius 3 is 1.25 bits per heavy atom. The fourth-order valence-corrected chi connectivity index (χ4v) is 11.1. The normalized spacial score (nSPS) is 13.0. The minimum Gasteiger partial charge on any atom is -0.256 e. The van der Waals surface area contributed by atoms with Crippen LogP contribution in [-0.2, 0) is 5.41 Å². The number of rotatable bonds is 4. The van der Waals surface area contributed by atoms with Gasteiger partial charge in [0.25, 0.3) is 0 Å². The topological polar surface area (TPSA) is 12.9 Å². The van der Waals surface area contributed by atoms with E-state index in [0.29, 0.717) is 0 Å². The summed E-state index contributed by atoms with van der Waals surface area (Å²) in [7, 11) is 0. The van der Waals surface area contributed by atoms with Gasteiger partial charge in [0.1, 0.15) is 0 Å². The zero-order valence-electron chi connectivity index (χ0n) is 33.3. The molecule has 1 nitrogen and oxygen atoms in total. The van der Waals surface area contributed by atoms with Gasteiger partial charge in [0.05, 0.1) is 11.1 Å². The molecule has 0 saturated carbocycles. The van der Waals surface area contributed by atoms with Crippen LogP contribution in [0.5, 0.6) is 0 Å². The lowest BCUT2D eigenvalue weighted by molar-refractivity contribution is 0.794. The highest BCUT2D eigenvalue weighted by atomic mass is 14.7. The number of pyridine rings is 1. The minimum absolute atomic E-state index is 0.380. The molecular weight excluding hydrogens is 735 g/mol. The van der Waals surface area contributed by atoms with Crippen molar-refractivity contribution in [1.82, 2.24) is 4.98 Å². The summed E-state index contributed by atoms with van der Waals surface area (Å²) in [6.07, 6.45) is 2.08. The molecule has 2 aliphatic rings. The van der Waals surface area contributed by atoms with Crippen molar-refractivity contribution in [2.75, 3.05) is 0 Å². The molecule has 0 unspecified atom stereocenters. The molecule has 0 radical (unpaired) electrons. The molecule has 0 fully saturated rings. The van der Waals surface area contributed by atoms with Crippen molar-refractivity contribution in [2.45, 2.75) is 5.41 Å². The van der Waals surface area contributed by atoms with Crippen LogP contribution in [0.15, 0.2) is 225 Å². The summed E-state index contributed by atoms with van der Waals surface area (Å²) in [4.78, 5) is 5.32. The molecule has 0 atom stereocenters. The summed E-state index contributed by atoms with van der Waals surface area (Å²) >= 11 is 0. The lowest BCUT2D eigenvalue weighted by Gasteiger charge is -2.30. The molecule has 1 heterocycles. The highest BCUT2D eigenvalue weighted by Crippen LogP contribution is 2.63. The van der Waals surface area contributed by atoms with E-state index < -0.39 is 0 Å². The first kappa shape index (κ1) is 34.0. The van der Waals surface area contributed by atoms with Crippen molar-refractivity contribution in [3.05, 3.63) is 247 Å². The Balaban J connectivity index is 0.972. The molecule has 0 aliphatic heterocycles. The first-order valence-corrected chi connectivity index (χ1v) is 21.2. The Bertz CT molecular complexity index is 3460. The van der Waals surface area contributed by atoms with Crippen LogP contribution in [0.1, 0.15) is 22.3 Å². The van der Waals surface area contributed by atoms with Crippen LogP contribution >= 0.6 is 0 Å². The average molecular weight is 772 g/mol. The van der Waals surface area contributed by atoms with Crippen molar-refractivity contribution >= 4 is 32.3 Å². The molecule has 0 bridgehead atoms. The molecule has 282 valence electrons. The van der Waals surface area contributed by atoms with E-state index in [9.17, 15) is 0 Å². The Morgan fingerprint density at radius 1 is 0.262 bits per heavy atom. The quantitative estimate of drug-likeness (QED) is 0.162. The Labute approximate surface area is 354 Å². The second kappa shape index (κ2) is 13.1. The van der Waals surface area contributed by atoms with Crippen molar-refractivity contribution in [3.63, 3.8) is 0 Å². The molecule has 13 rings (SSSR count). The van der Waals surface area contributed by atoms with E-state index in [0.717, 1.165) is 16.8 Å². The van der Waals surface area contributed by atoms with E-state index >= 15 is 0 Å². The average Bonchev–Trinajstić information content (AvgIpc) is 3.80. The molecule has 10 aromatic carbocycles. The van der Waals surface area contributed by atoms with E-state index in [2.05, 4.69) is 225 Å². The van der Waals surface area contributed by atoms with Gasteiger partial charge in [-0.25, -0.2) is 0 Å². The van der Waals surface area contributed by atoms with E-state index in [4.69, 9.17) is 4.98 Å². The molecule has 1 heteroatoms. The molecule has 1 spiro atoms. The standard InChI is InChI=1S/C60H37N/c1-2-16-38(17-3-1)41-33-34-52(43-19-5-4-18-42(41)43)58-48-23-6-8-25-50(48)59(51-26-9-7-24-49(51)58)57-35-31-40(37-61-57)39-30-32-47-46-22-12-15-29-55(46)60(56(47)36-39)53-27-13-10-20-44(53)45-21-11-14-28-54(45)60/h1-37H. The molecule has 0 N–H and O–H groups in total. The second-order valence-electron chi connectivity index (χ2n) is 16.5. The van der Waals surface area contributed by atoms with E-state index in [1.165, 1.54) is 105 Å². The Kier molecular flexibility index (Phi) is 7.29. The molecule has 1 aromatic heterocycles. The zero-order valence-corrected chi connectivity index (χ0v) is 33.3. The van der Waals surface area contributed by atoms with Crippen LogP contribution < -0.4 is 0 Å². The fourth-order valence-electron chi connectivity index (χ4n) is 11.1. The smallest absolute Gasteiger partial charge is 0.0725 e. The molecule has 2 aliphatic carbocycles. The monoisotopic (exact) mass is 771 g/mol. The van der Waals surface area contributed by atoms with E-state index in [1.54, 1.807) is 0 Å². The molecule has 11 aromatic rings. The largest absolute Gasteiger partial charge is 0.256 e. The SMILES string of the molecule is c1ccc(-c2ccc(-c3c4ccccc4c(-c4ccc(-c5ccc6c(c5)C5(c7ccccc7-c7ccccc75)c5ccccc5-6)cn4)c4ccccc34)c3ccccc23)cc1. The molecule has 0 saturated heterocycles. The van der Waals surface area contributed by atoms with Crippen LogP contribution in [0.3, 0.4) is 0 Å². The van der Waals surface area contributed by atoms with Gasteiger partial charge in [0.2, 0.25) is 0 Å². The van der Waals surface area contributed by atoms with Gasteiger partial charge >= 0.3 is 0 Å². The summed E-state index contributed by atoms with van der Waals surface area (Å²) in [6, 6.07) is 80.5. The zero-order chi connectivity index (χ0) is 40.1. The van der Waals surface area contributed by atoms with Gasteiger partial charge in [-0.1, -0.05) is 206 Å². The molecule has 0 amide bonds. The van der Waals surface area contributed by atoms with Gasteiger partial charge in [-0.2, -0.15) is 0 Å². The number of hydrogen-bond donors (Lipinski definition) is 0. The fraction of sp³-hybridized carbons (Fsp3) is 0.0167. The number of hydrogen-bond acceptors (Lipinski definition) is 1. The van der Waals surface area contributed by atoms with Gasteiger partial charge in [-0.15, -0.1) is 0 Å². The highest BCUT2D eigenvalue weighted by Gasteiger charge is 2.51. The Morgan fingerprint density at radius 2 is 0.689 bits per heavy atom. The van der Waals surface area contributed by atoms with Crippen molar-refractivity contribution in [2.24, 2.45) is 0 Å². The minimum atomic E-state index is -0.380. The van der Waals surface area contributed by atoms with Gasteiger partial charge in [0.15, 0.2) is 0 Å². The van der Waals surface area contributed by atoms with Crippen LogP contribution in [-0.4, -0.2) is 4.98 Å². The maximum absolute atomic E-state index is 5.32. The second-order valence-corrected chi connectivity index (χ2v) is 16.5. The first-order valence-electron chi connectivity index (χ1n) is 21.2. The third-order valence-corrected chi connectivity index (χ3v) is 13.6. The molecule has 61 heavy (non-hydrogen) atoms. The predicted molar refractivity (Wildman–Crippen MR) is 255 cm³/mol. The Hall–Kier alpha value is -7.87. The molecular formula is C60H37N. The maximum atomic E-state index is 5.32. The van der Waals surface area contributed by atoms with Crippen LogP contribution in [0.25, 0.3) is 99.2 Å². The summed E-state index contributed by atoms with van der Waals surface area (Å²) in [6.45, 7) is 0. The number of nitrogens with zero attached hydrogens (tertiary/aromatic N) is 1. The first-order chi connectivity index (χ1) is 30.3. The van der Waals surface area contributed by atoms with E-state index in [-0.39, 0.29) is 5.41 Å². The van der Waals surface area contributed by atoms with Crippen LogP contribution in [0.2, 0.25) is 0 Å². The highest BCUT2D eigenvalue weighted by molar-refractivity contribution is 6.24. The van der Waals surface area contributed by atoms with Crippen LogP contribution in [0, 0.1) is 0 Å². The number of fused-ring (bicyclic) bond motifs is 13. The summed E-state index contributed by atoms with van der Waals surface area (Å²) < 4.78 is 0. The third-order valence-electron chi connectivity index (χ3n) is 13.6. The van der Waals surface area contributed by atoms with Gasteiger partial charge < -0.3 is 0 Å². The van der Waals surface area contributed by atoms with Gasteiger partial charge in [-0.05, 0) is 117 Å². The van der Waals surface area contributed by atoms with Gasteiger partial charge in [0, 0.05) is 17.3 Å². The third kappa shape index (κ3) is 4.75. The summed E-state index contributed by atoms with van der Waals surface area (Å²) in [5, 5.41) is 7.34. The summed E-state index contributed by atoms with van der Waals surface area (Å²) in [5.74, 6) is 0. The maximum Gasteiger partial charge on any atom is 0.0725 e. The van der Waals surface area contributed by atoms with Crippen molar-refractivity contribution < 1.29 is 0 Å². The van der Waals surface area contributed by atoms with Crippen LogP contribution in [0.4, 0.5) is 0 Å². The van der Waals surface area contributed by atoms with Crippen molar-refractivity contribution in [3.8, 4) is 66.9 Å². The number of aromatic nitrogens is 1. The van der Waals surface area contributed by atoms with Crippen molar-refractivity contribution in [1.29, 1.82) is 0 Å². The predicted octanol–water partition coefficient (Wildman–Crippen LogP) is 15.6. The lowest BCUT2D eigenvalue weighted by Crippen LogP contribution is -2.25. The lowest BCUT2D eigenvalue weighted by atomic mass is 9.70.